The third-order valence-electron chi connectivity index (χ3n) is 12.3. The first-order valence-electron chi connectivity index (χ1n) is 19.6. The van der Waals surface area contributed by atoms with Gasteiger partial charge in [-0.2, -0.15) is 0 Å². The second-order valence-corrected chi connectivity index (χ2v) is 17.1. The van der Waals surface area contributed by atoms with Gasteiger partial charge in [-0.05, 0) is 136 Å². The summed E-state index contributed by atoms with van der Waals surface area (Å²) in [6, 6.07) is 44.7. The normalized spacial score (nSPS) is 14.3. The minimum Gasteiger partial charge on any atom is -0.455 e. The van der Waals surface area contributed by atoms with Crippen molar-refractivity contribution in [2.75, 3.05) is 9.80 Å². The zero-order chi connectivity index (χ0) is 38.6. The number of benzene rings is 6. The predicted octanol–water partition coefficient (Wildman–Crippen LogP) is 14.7. The molecule has 0 radical (unpaired) electrons. The Morgan fingerprint density at radius 1 is 0.400 bits per heavy atom. The SMILES string of the molecule is Cc1cc(C)c(N(c2ccccc2)c2ccc3c(c2)C(C)(C)c2c-3oc3c2C(C)(C)c2cc(N(c4ccccc4)c4c(C)cc(C)cc4C)ccc2-3)c(C)c1. The van der Waals surface area contributed by atoms with E-state index in [-0.39, 0.29) is 10.8 Å². The molecule has 2 aliphatic carbocycles. The first-order chi connectivity index (χ1) is 26.3. The number of fused-ring (bicyclic) bond motifs is 7. The molecule has 0 aliphatic heterocycles. The lowest BCUT2D eigenvalue weighted by molar-refractivity contribution is 0.592. The zero-order valence-corrected chi connectivity index (χ0v) is 33.8. The lowest BCUT2D eigenvalue weighted by Crippen LogP contribution is -2.24. The van der Waals surface area contributed by atoms with Crippen LogP contribution >= 0.6 is 0 Å². The zero-order valence-electron chi connectivity index (χ0n) is 33.8. The van der Waals surface area contributed by atoms with Crippen LogP contribution in [0.5, 0.6) is 0 Å². The Kier molecular flexibility index (Phi) is 7.85. The van der Waals surface area contributed by atoms with E-state index in [9.17, 15) is 0 Å². The van der Waals surface area contributed by atoms with Crippen LogP contribution in [-0.2, 0) is 10.8 Å². The third kappa shape index (κ3) is 5.23. The molecule has 0 unspecified atom stereocenters. The fraction of sp³-hybridized carbons (Fsp3) is 0.231. The molecule has 0 N–H and O–H groups in total. The maximum Gasteiger partial charge on any atom is 0.139 e. The van der Waals surface area contributed by atoms with Crippen LogP contribution in [0.25, 0.3) is 22.6 Å². The van der Waals surface area contributed by atoms with Crippen LogP contribution in [0.1, 0.15) is 83.3 Å². The molecule has 0 fully saturated rings. The van der Waals surface area contributed by atoms with E-state index in [0.717, 1.165) is 34.3 Å². The van der Waals surface area contributed by atoms with E-state index < -0.39 is 0 Å². The Bertz CT molecular complexity index is 2430. The van der Waals surface area contributed by atoms with Gasteiger partial charge < -0.3 is 14.2 Å². The van der Waals surface area contributed by atoms with Gasteiger partial charge in [-0.3, -0.25) is 0 Å². The summed E-state index contributed by atoms with van der Waals surface area (Å²) in [5.74, 6) is 2.04. The average Bonchev–Trinajstić information content (AvgIpc) is 3.72. The monoisotopic (exact) mass is 718 g/mol. The Hall–Kier alpha value is -5.80. The Balaban J connectivity index is 1.17. The molecule has 0 atom stereocenters. The van der Waals surface area contributed by atoms with E-state index >= 15 is 0 Å². The fourth-order valence-corrected chi connectivity index (χ4v) is 10.1. The number of hydrogen-bond donors (Lipinski definition) is 0. The van der Waals surface area contributed by atoms with Crippen molar-refractivity contribution in [1.82, 2.24) is 0 Å². The highest BCUT2D eigenvalue weighted by Crippen LogP contribution is 2.62. The Labute approximate surface area is 326 Å². The minimum absolute atomic E-state index is 0.272. The summed E-state index contributed by atoms with van der Waals surface area (Å²) in [6.45, 7) is 22.8. The summed E-state index contributed by atoms with van der Waals surface area (Å²) in [5.41, 5.74) is 21.8. The van der Waals surface area contributed by atoms with E-state index in [1.165, 1.54) is 78.1 Å². The van der Waals surface area contributed by atoms with Crippen LogP contribution in [-0.4, -0.2) is 0 Å². The van der Waals surface area contributed by atoms with Gasteiger partial charge in [0.1, 0.15) is 11.5 Å². The number of anilines is 6. The number of rotatable bonds is 6. The lowest BCUT2D eigenvalue weighted by atomic mass is 9.74. The van der Waals surface area contributed by atoms with Gasteiger partial charge in [-0.1, -0.05) is 99.5 Å². The van der Waals surface area contributed by atoms with Crippen molar-refractivity contribution in [3.63, 3.8) is 0 Å². The molecule has 274 valence electrons. The topological polar surface area (TPSA) is 19.6 Å². The summed E-state index contributed by atoms with van der Waals surface area (Å²) in [7, 11) is 0. The Morgan fingerprint density at radius 3 is 1.09 bits per heavy atom. The molecule has 1 heterocycles. The van der Waals surface area contributed by atoms with E-state index in [1.807, 2.05) is 0 Å². The van der Waals surface area contributed by atoms with Gasteiger partial charge >= 0.3 is 0 Å². The lowest BCUT2D eigenvalue weighted by Gasteiger charge is -2.32. The van der Waals surface area contributed by atoms with Crippen molar-refractivity contribution in [2.45, 2.75) is 80.1 Å². The second-order valence-electron chi connectivity index (χ2n) is 17.1. The standard InChI is InChI=1S/C52H50N2O/c1-31-25-33(3)47(34(4)26-31)53(37-17-13-11-14-18-37)39-21-23-41-43(29-39)51(7,8)45-46-50(55-49(41)45)42-24-22-40(30-44(42)52(46,9)10)54(38-19-15-12-16-20-38)48-35(5)27-32(2)28-36(48)6/h11-30H,1-10H3. The number of hydrogen-bond acceptors (Lipinski definition) is 3. The van der Waals surface area contributed by atoms with Crippen LogP contribution in [0, 0.1) is 41.5 Å². The quantitative estimate of drug-likeness (QED) is 0.171. The van der Waals surface area contributed by atoms with E-state index in [4.69, 9.17) is 4.42 Å². The highest BCUT2D eigenvalue weighted by Gasteiger charge is 2.50. The van der Waals surface area contributed by atoms with Gasteiger partial charge in [0, 0.05) is 55.8 Å². The number of nitrogens with zero attached hydrogens (tertiary/aromatic N) is 2. The molecule has 55 heavy (non-hydrogen) atoms. The molecule has 6 aromatic carbocycles. The van der Waals surface area contributed by atoms with Crippen molar-refractivity contribution >= 4 is 34.1 Å². The molecule has 3 heteroatoms. The van der Waals surface area contributed by atoms with Crippen molar-refractivity contribution in [3.05, 3.63) is 177 Å². The van der Waals surface area contributed by atoms with Crippen LogP contribution in [0.4, 0.5) is 34.1 Å². The molecule has 0 bridgehead atoms. The summed E-state index contributed by atoms with van der Waals surface area (Å²) < 4.78 is 7.11. The summed E-state index contributed by atoms with van der Waals surface area (Å²) in [4.78, 5) is 4.87. The molecule has 3 nitrogen and oxygen atoms in total. The van der Waals surface area contributed by atoms with Crippen LogP contribution in [0.2, 0.25) is 0 Å². The molecule has 0 saturated heterocycles. The van der Waals surface area contributed by atoms with Gasteiger partial charge in [-0.25, -0.2) is 0 Å². The molecular formula is C52H50N2O. The molecule has 2 aliphatic rings. The van der Waals surface area contributed by atoms with Crippen molar-refractivity contribution in [2.24, 2.45) is 0 Å². The molecule has 7 aromatic rings. The maximum atomic E-state index is 7.11. The van der Waals surface area contributed by atoms with Gasteiger partial charge in [0.25, 0.3) is 0 Å². The largest absolute Gasteiger partial charge is 0.455 e. The molecule has 0 spiro atoms. The second kappa shape index (κ2) is 12.4. The fourth-order valence-electron chi connectivity index (χ4n) is 10.1. The molecule has 1 aromatic heterocycles. The van der Waals surface area contributed by atoms with Crippen LogP contribution in [0.15, 0.2) is 126 Å². The Morgan fingerprint density at radius 2 is 0.745 bits per heavy atom. The molecule has 0 amide bonds. The first-order valence-corrected chi connectivity index (χ1v) is 19.6. The average molecular weight is 719 g/mol. The molecule has 9 rings (SSSR count). The number of furan rings is 1. The van der Waals surface area contributed by atoms with E-state index in [2.05, 4.69) is 200 Å². The van der Waals surface area contributed by atoms with E-state index in [1.54, 1.807) is 0 Å². The van der Waals surface area contributed by atoms with Crippen LogP contribution < -0.4 is 9.80 Å². The number of aryl methyl sites for hydroxylation is 6. The highest BCUT2D eigenvalue weighted by molar-refractivity contribution is 5.92. The predicted molar refractivity (Wildman–Crippen MR) is 232 cm³/mol. The van der Waals surface area contributed by atoms with Gasteiger partial charge in [0.15, 0.2) is 0 Å². The van der Waals surface area contributed by atoms with E-state index in [0.29, 0.717) is 0 Å². The highest BCUT2D eigenvalue weighted by atomic mass is 16.3. The first kappa shape index (κ1) is 34.9. The molecule has 0 saturated carbocycles. The summed E-state index contributed by atoms with van der Waals surface area (Å²) in [6.07, 6.45) is 0. The number of para-hydroxylation sites is 2. The molecular weight excluding hydrogens is 669 g/mol. The van der Waals surface area contributed by atoms with Crippen molar-refractivity contribution < 1.29 is 4.42 Å². The maximum absolute atomic E-state index is 7.11. The van der Waals surface area contributed by atoms with Crippen LogP contribution in [0.3, 0.4) is 0 Å². The summed E-state index contributed by atoms with van der Waals surface area (Å²) in [5, 5.41) is 0. The minimum atomic E-state index is -0.272. The third-order valence-corrected chi connectivity index (χ3v) is 12.3. The van der Waals surface area contributed by atoms with Gasteiger partial charge in [0.2, 0.25) is 0 Å². The van der Waals surface area contributed by atoms with Gasteiger partial charge in [-0.15, -0.1) is 0 Å². The van der Waals surface area contributed by atoms with Gasteiger partial charge in [0.05, 0.1) is 11.4 Å². The smallest absolute Gasteiger partial charge is 0.139 e. The van der Waals surface area contributed by atoms with Crippen molar-refractivity contribution in [1.29, 1.82) is 0 Å². The van der Waals surface area contributed by atoms with Crippen molar-refractivity contribution in [3.8, 4) is 22.6 Å². The summed E-state index contributed by atoms with van der Waals surface area (Å²) >= 11 is 0.